The first-order valence-electron chi connectivity index (χ1n) is 11.8. The average Bonchev–Trinajstić information content (AvgIpc) is 3.12. The fraction of sp³-hybridized carbons (Fsp3) is 0.680. The molecule has 0 bridgehead atoms. The molecule has 0 radical (unpaired) electrons. The first kappa shape index (κ1) is 22.0. The highest BCUT2D eigenvalue weighted by Gasteiger charge is 2.35. The minimum Gasteiger partial charge on any atom is -0.381 e. The van der Waals surface area contributed by atoms with E-state index in [1.54, 1.807) is 12.1 Å². The highest BCUT2D eigenvalue weighted by molar-refractivity contribution is 7.90. The second-order valence-electron chi connectivity index (χ2n) is 9.59. The van der Waals surface area contributed by atoms with Gasteiger partial charge in [-0.15, -0.1) is 0 Å². The summed E-state index contributed by atoms with van der Waals surface area (Å²) in [4.78, 5) is 0.408. The first-order valence-corrected chi connectivity index (χ1v) is 13.7. The topological polar surface area (TPSA) is 55.4 Å². The fourth-order valence-corrected chi connectivity index (χ4v) is 6.27. The summed E-state index contributed by atoms with van der Waals surface area (Å²) < 4.78 is 29.3. The Hall–Kier alpha value is -1.17. The molecule has 4 atom stereocenters. The minimum atomic E-state index is -3.16. The third-order valence-electron chi connectivity index (χ3n) is 7.39. The number of rotatable bonds is 5. The Morgan fingerprint density at radius 2 is 1.67 bits per heavy atom. The van der Waals surface area contributed by atoms with Crippen LogP contribution in [0, 0.1) is 17.8 Å². The number of piperidine rings is 1. The van der Waals surface area contributed by atoms with Crippen LogP contribution in [-0.2, 0) is 14.6 Å². The Labute approximate surface area is 182 Å². The molecular formula is C25H37NO3S. The van der Waals surface area contributed by atoms with Crippen LogP contribution in [0.4, 0.5) is 0 Å². The monoisotopic (exact) mass is 431 g/mol. The van der Waals surface area contributed by atoms with E-state index in [-0.39, 0.29) is 0 Å². The number of nitrogens with one attached hydrogen (secondary N) is 1. The smallest absolute Gasteiger partial charge is 0.175 e. The number of benzene rings is 1. The Bertz CT molecular complexity index is 803. The molecule has 0 amide bonds. The average molecular weight is 432 g/mol. The van der Waals surface area contributed by atoms with Crippen molar-refractivity contribution in [3.63, 3.8) is 0 Å². The molecule has 1 aliphatic carbocycles. The zero-order valence-corrected chi connectivity index (χ0v) is 19.1. The third kappa shape index (κ3) is 5.54. The van der Waals surface area contributed by atoms with E-state index in [1.165, 1.54) is 63.2 Å². The SMILES string of the molecule is CS(=O)(=O)c1ccc(C2NC(/C=C\C3CCOC3)CCC2C2CCCCCC2)cc1. The summed E-state index contributed by atoms with van der Waals surface area (Å²) >= 11 is 0. The summed E-state index contributed by atoms with van der Waals surface area (Å²) in [5.74, 6) is 1.96. The Morgan fingerprint density at radius 3 is 2.30 bits per heavy atom. The molecule has 3 fully saturated rings. The van der Waals surface area contributed by atoms with Crippen LogP contribution >= 0.6 is 0 Å². The summed E-state index contributed by atoms with van der Waals surface area (Å²) in [6.07, 6.45) is 17.7. The summed E-state index contributed by atoms with van der Waals surface area (Å²) in [7, 11) is -3.16. The van der Waals surface area contributed by atoms with Crippen molar-refractivity contribution >= 4 is 9.84 Å². The number of sulfone groups is 1. The van der Waals surface area contributed by atoms with Gasteiger partial charge in [0.25, 0.3) is 0 Å². The van der Waals surface area contributed by atoms with Gasteiger partial charge in [-0.3, -0.25) is 0 Å². The number of hydrogen-bond acceptors (Lipinski definition) is 4. The molecule has 166 valence electrons. The van der Waals surface area contributed by atoms with Gasteiger partial charge in [0.1, 0.15) is 0 Å². The van der Waals surface area contributed by atoms with Crippen molar-refractivity contribution in [1.82, 2.24) is 5.32 Å². The third-order valence-corrected chi connectivity index (χ3v) is 8.51. The molecule has 0 aromatic heterocycles. The maximum atomic E-state index is 11.9. The van der Waals surface area contributed by atoms with E-state index < -0.39 is 9.84 Å². The lowest BCUT2D eigenvalue weighted by Crippen LogP contribution is -2.43. The Kier molecular flexibility index (Phi) is 7.32. The molecule has 30 heavy (non-hydrogen) atoms. The highest BCUT2D eigenvalue weighted by Crippen LogP contribution is 2.42. The van der Waals surface area contributed by atoms with Crippen molar-refractivity contribution in [3.05, 3.63) is 42.0 Å². The molecule has 2 aliphatic heterocycles. The summed E-state index contributed by atoms with van der Waals surface area (Å²) in [6, 6.07) is 8.32. The second kappa shape index (κ2) is 9.97. The van der Waals surface area contributed by atoms with Gasteiger partial charge in [0, 0.05) is 30.9 Å². The van der Waals surface area contributed by atoms with Crippen molar-refractivity contribution in [2.75, 3.05) is 19.5 Å². The van der Waals surface area contributed by atoms with Crippen LogP contribution in [-0.4, -0.2) is 33.9 Å². The van der Waals surface area contributed by atoms with Crippen LogP contribution in [0.25, 0.3) is 0 Å². The molecule has 2 heterocycles. The van der Waals surface area contributed by atoms with Gasteiger partial charge in [0.15, 0.2) is 9.84 Å². The second-order valence-corrected chi connectivity index (χ2v) is 11.6. The predicted molar refractivity (Wildman–Crippen MR) is 121 cm³/mol. The maximum Gasteiger partial charge on any atom is 0.175 e. The molecular weight excluding hydrogens is 394 g/mol. The molecule has 4 unspecified atom stereocenters. The fourth-order valence-electron chi connectivity index (χ4n) is 5.64. The van der Waals surface area contributed by atoms with Crippen molar-refractivity contribution in [2.45, 2.75) is 74.8 Å². The zero-order chi connectivity index (χ0) is 21.0. The van der Waals surface area contributed by atoms with Gasteiger partial charge in [0.2, 0.25) is 0 Å². The molecule has 1 N–H and O–H groups in total. The predicted octanol–water partition coefficient (Wildman–Crippen LogP) is 5.06. The summed E-state index contributed by atoms with van der Waals surface area (Å²) in [6.45, 7) is 1.73. The normalized spacial score (nSPS) is 31.8. The lowest BCUT2D eigenvalue weighted by Gasteiger charge is -2.41. The maximum absolute atomic E-state index is 11.9. The van der Waals surface area contributed by atoms with E-state index in [0.29, 0.717) is 28.8 Å². The van der Waals surface area contributed by atoms with Crippen molar-refractivity contribution < 1.29 is 13.2 Å². The summed E-state index contributed by atoms with van der Waals surface area (Å²) in [5.41, 5.74) is 1.24. The van der Waals surface area contributed by atoms with Crippen LogP contribution in [0.3, 0.4) is 0 Å². The lowest BCUT2D eigenvalue weighted by molar-refractivity contribution is 0.164. The van der Waals surface area contributed by atoms with E-state index in [0.717, 1.165) is 25.6 Å². The number of hydrogen-bond donors (Lipinski definition) is 1. The largest absolute Gasteiger partial charge is 0.381 e. The molecule has 1 aromatic rings. The minimum absolute atomic E-state index is 0.296. The molecule has 1 saturated carbocycles. The molecule has 2 saturated heterocycles. The lowest BCUT2D eigenvalue weighted by atomic mass is 9.73. The molecule has 0 spiro atoms. The van der Waals surface area contributed by atoms with Crippen molar-refractivity contribution in [2.24, 2.45) is 17.8 Å². The van der Waals surface area contributed by atoms with Crippen LogP contribution < -0.4 is 5.32 Å². The molecule has 1 aromatic carbocycles. The van der Waals surface area contributed by atoms with Crippen LogP contribution in [0.15, 0.2) is 41.3 Å². The molecule has 5 heteroatoms. The molecule has 3 aliphatic rings. The van der Waals surface area contributed by atoms with Crippen molar-refractivity contribution in [1.29, 1.82) is 0 Å². The summed E-state index contributed by atoms with van der Waals surface area (Å²) in [5, 5.41) is 3.94. The highest BCUT2D eigenvalue weighted by atomic mass is 32.2. The van der Waals surface area contributed by atoms with Gasteiger partial charge < -0.3 is 10.1 Å². The number of ether oxygens (including phenoxy) is 1. The van der Waals surface area contributed by atoms with Crippen LogP contribution in [0.1, 0.15) is 69.4 Å². The quantitative estimate of drug-likeness (QED) is 0.523. The first-order chi connectivity index (χ1) is 14.5. The van der Waals surface area contributed by atoms with E-state index in [4.69, 9.17) is 4.74 Å². The van der Waals surface area contributed by atoms with E-state index in [1.807, 2.05) is 12.1 Å². The van der Waals surface area contributed by atoms with Gasteiger partial charge >= 0.3 is 0 Å². The Balaban J connectivity index is 1.54. The van der Waals surface area contributed by atoms with Gasteiger partial charge in [-0.1, -0.05) is 62.8 Å². The van der Waals surface area contributed by atoms with E-state index in [2.05, 4.69) is 17.5 Å². The Morgan fingerprint density at radius 1 is 0.933 bits per heavy atom. The standard InChI is InChI=1S/C25H37NO3S/c1-30(27,28)23-13-9-21(10-14-23)25-24(20-6-4-2-3-5-7-20)15-12-22(26-25)11-8-19-16-17-29-18-19/h8-11,13-14,19-20,22,24-26H,2-7,12,15-18H2,1H3/b11-8-. The molecule has 4 nitrogen and oxygen atoms in total. The van der Waals surface area contributed by atoms with Gasteiger partial charge in [0.05, 0.1) is 11.5 Å². The van der Waals surface area contributed by atoms with E-state index >= 15 is 0 Å². The van der Waals surface area contributed by atoms with Crippen LogP contribution in [0.5, 0.6) is 0 Å². The van der Waals surface area contributed by atoms with Crippen LogP contribution in [0.2, 0.25) is 0 Å². The van der Waals surface area contributed by atoms with Gasteiger partial charge in [-0.05, 0) is 48.8 Å². The van der Waals surface area contributed by atoms with Gasteiger partial charge in [-0.25, -0.2) is 8.42 Å². The van der Waals surface area contributed by atoms with Crippen molar-refractivity contribution in [3.8, 4) is 0 Å². The van der Waals surface area contributed by atoms with E-state index in [9.17, 15) is 8.42 Å². The molecule has 4 rings (SSSR count). The van der Waals surface area contributed by atoms with Gasteiger partial charge in [-0.2, -0.15) is 0 Å². The zero-order valence-electron chi connectivity index (χ0n) is 18.3.